The number of rotatable bonds is 8. The summed E-state index contributed by atoms with van der Waals surface area (Å²) in [7, 11) is -3.36. The molecule has 1 fully saturated rings. The number of carbonyl (C=O) groups is 1. The van der Waals surface area contributed by atoms with E-state index in [9.17, 15) is 26.4 Å². The Morgan fingerprint density at radius 3 is 2.64 bits per heavy atom. The molecule has 0 aromatic carbocycles. The molecule has 2 aromatic heterocycles. The quantitative estimate of drug-likeness (QED) is 0.531. The van der Waals surface area contributed by atoms with Crippen molar-refractivity contribution in [3.8, 4) is 0 Å². The van der Waals surface area contributed by atoms with Crippen molar-refractivity contribution < 1.29 is 31.1 Å². The first-order chi connectivity index (χ1) is 16.9. The molecule has 0 radical (unpaired) electrons. The van der Waals surface area contributed by atoms with Crippen LogP contribution in [0.2, 0.25) is 0 Å². The molecule has 2 unspecified atom stereocenters. The fourth-order valence-electron chi connectivity index (χ4n) is 4.67. The Kier molecular flexibility index (Phi) is 7.75. The van der Waals surface area contributed by atoms with Gasteiger partial charge >= 0.3 is 6.18 Å². The lowest BCUT2D eigenvalue weighted by Gasteiger charge is -2.30. The number of nitrogens with one attached hydrogen (secondary N) is 1. The van der Waals surface area contributed by atoms with Crippen LogP contribution in [-0.2, 0) is 32.3 Å². The number of sulfone groups is 1. The van der Waals surface area contributed by atoms with Crippen molar-refractivity contribution in [1.82, 2.24) is 14.9 Å². The van der Waals surface area contributed by atoms with Crippen molar-refractivity contribution >= 4 is 32.2 Å². The molecule has 1 N–H and O–H groups in total. The second kappa shape index (κ2) is 10.3. The zero-order valence-electron chi connectivity index (χ0n) is 20.2. The summed E-state index contributed by atoms with van der Waals surface area (Å²) in [6, 6.07) is 2.88. The van der Waals surface area contributed by atoms with E-state index in [1.165, 1.54) is 29.7 Å². The molecular formula is C23H29F3N4O4S2. The topological polar surface area (TPSA) is 101 Å². The summed E-state index contributed by atoms with van der Waals surface area (Å²) in [6.45, 7) is 6.56. The highest BCUT2D eigenvalue weighted by Crippen LogP contribution is 2.43. The van der Waals surface area contributed by atoms with Gasteiger partial charge in [0.05, 0.1) is 34.9 Å². The van der Waals surface area contributed by atoms with E-state index in [1.807, 2.05) is 13.8 Å². The highest BCUT2D eigenvalue weighted by Gasteiger charge is 2.46. The van der Waals surface area contributed by atoms with Gasteiger partial charge in [-0.3, -0.25) is 14.7 Å². The fraction of sp³-hybridized carbons (Fsp3) is 0.609. The van der Waals surface area contributed by atoms with Crippen LogP contribution in [0.5, 0.6) is 0 Å². The van der Waals surface area contributed by atoms with E-state index in [0.29, 0.717) is 30.3 Å². The summed E-state index contributed by atoms with van der Waals surface area (Å²) < 4.78 is 68.0. The number of aromatic nitrogens is 2. The van der Waals surface area contributed by atoms with E-state index in [-0.39, 0.29) is 41.4 Å². The predicted octanol–water partition coefficient (Wildman–Crippen LogP) is 4.14. The van der Waals surface area contributed by atoms with Gasteiger partial charge in [0.15, 0.2) is 21.1 Å². The average molecular weight is 547 g/mol. The molecule has 1 amide bonds. The van der Waals surface area contributed by atoms with Gasteiger partial charge < -0.3 is 10.1 Å². The van der Waals surface area contributed by atoms with E-state index < -0.39 is 28.2 Å². The minimum atomic E-state index is -4.34. The molecule has 0 bridgehead atoms. The number of thiazole rings is 1. The lowest BCUT2D eigenvalue weighted by atomic mass is 10.0. The summed E-state index contributed by atoms with van der Waals surface area (Å²) in [5, 5.41) is 3.24. The molecule has 0 spiro atoms. The van der Waals surface area contributed by atoms with Gasteiger partial charge in [-0.15, -0.1) is 11.3 Å². The van der Waals surface area contributed by atoms with Crippen molar-refractivity contribution in [2.24, 2.45) is 5.92 Å². The molecule has 0 aliphatic carbocycles. The Labute approximate surface area is 212 Å². The summed E-state index contributed by atoms with van der Waals surface area (Å²) in [5.74, 6) is -0.185. The largest absolute Gasteiger partial charge is 0.414 e. The summed E-state index contributed by atoms with van der Waals surface area (Å²) >= 11 is 1.35. The summed E-state index contributed by atoms with van der Waals surface area (Å²) in [5.41, 5.74) is 1.27. The van der Waals surface area contributed by atoms with E-state index in [4.69, 9.17) is 4.74 Å². The van der Waals surface area contributed by atoms with Crippen LogP contribution in [0, 0.1) is 5.92 Å². The molecule has 2 aromatic rings. The lowest BCUT2D eigenvalue weighted by Crippen LogP contribution is -2.35. The monoisotopic (exact) mass is 546 g/mol. The molecule has 2 aliphatic rings. The molecule has 13 heteroatoms. The first-order valence-corrected chi connectivity index (χ1v) is 14.3. The number of amides is 1. The summed E-state index contributed by atoms with van der Waals surface area (Å²) in [4.78, 5) is 24.5. The fourth-order valence-corrected chi connectivity index (χ4v) is 6.53. The number of carbonyl (C=O) groups excluding carboxylic acids is 1. The Hall–Kier alpha value is -2.09. The van der Waals surface area contributed by atoms with Crippen LogP contribution >= 0.6 is 11.3 Å². The van der Waals surface area contributed by atoms with E-state index in [2.05, 4.69) is 20.2 Å². The predicted molar refractivity (Wildman–Crippen MR) is 128 cm³/mol. The van der Waals surface area contributed by atoms with Crippen molar-refractivity contribution in [2.45, 2.75) is 75.9 Å². The number of alkyl halides is 3. The highest BCUT2D eigenvalue weighted by molar-refractivity contribution is 7.91. The molecule has 198 valence electrons. The van der Waals surface area contributed by atoms with Crippen LogP contribution in [-0.4, -0.2) is 59.9 Å². The maximum atomic E-state index is 13.0. The van der Waals surface area contributed by atoms with Crippen LogP contribution in [0.1, 0.15) is 55.9 Å². The standard InChI is InChI=1S/C23H29F3N4O4S2/c1-4-36(32,33)16-7-5-14(27-10-16)9-19(31)28-22-29-20-17(35-22)12-30(21(20)13(2)3)11-15-6-8-18(34-15)23(24,25)26/h5,7,10,13,15,18,21H,4,6,8-9,11-12H2,1-3H3,(H,28,29,31)/t15-,18?,21?/m1/s1. The lowest BCUT2D eigenvalue weighted by molar-refractivity contribution is -0.216. The van der Waals surface area contributed by atoms with Crippen LogP contribution in [0.15, 0.2) is 23.2 Å². The third-order valence-corrected chi connectivity index (χ3v) is 9.11. The molecular weight excluding hydrogens is 517 g/mol. The zero-order chi connectivity index (χ0) is 26.3. The maximum absolute atomic E-state index is 13.0. The van der Waals surface area contributed by atoms with Gasteiger partial charge in [0, 0.05) is 29.9 Å². The van der Waals surface area contributed by atoms with Crippen LogP contribution in [0.25, 0.3) is 0 Å². The summed E-state index contributed by atoms with van der Waals surface area (Å²) in [6.07, 6.45) is -4.93. The van der Waals surface area contributed by atoms with E-state index in [0.717, 1.165) is 10.6 Å². The second-order valence-electron chi connectivity index (χ2n) is 9.43. The third kappa shape index (κ3) is 5.90. The van der Waals surface area contributed by atoms with Crippen molar-refractivity contribution in [1.29, 1.82) is 0 Å². The highest BCUT2D eigenvalue weighted by atomic mass is 32.2. The Balaban J connectivity index is 1.37. The van der Waals surface area contributed by atoms with Crippen LogP contribution < -0.4 is 5.32 Å². The number of hydrogen-bond donors (Lipinski definition) is 1. The number of ether oxygens (including phenoxy) is 1. The molecule has 36 heavy (non-hydrogen) atoms. The molecule has 2 aliphatic heterocycles. The average Bonchev–Trinajstić information content (AvgIpc) is 3.48. The van der Waals surface area contributed by atoms with Crippen molar-refractivity contribution in [2.75, 3.05) is 17.6 Å². The van der Waals surface area contributed by atoms with Crippen LogP contribution in [0.4, 0.5) is 18.3 Å². The van der Waals surface area contributed by atoms with Crippen molar-refractivity contribution in [3.63, 3.8) is 0 Å². The first-order valence-electron chi connectivity index (χ1n) is 11.8. The molecule has 1 saturated heterocycles. The number of halogens is 3. The Morgan fingerprint density at radius 2 is 2.06 bits per heavy atom. The van der Waals surface area contributed by atoms with Crippen molar-refractivity contribution in [3.05, 3.63) is 34.6 Å². The molecule has 4 heterocycles. The van der Waals surface area contributed by atoms with Gasteiger partial charge in [0.25, 0.3) is 0 Å². The molecule has 0 saturated carbocycles. The Bertz CT molecular complexity index is 1200. The third-order valence-electron chi connectivity index (χ3n) is 6.41. The molecule has 3 atom stereocenters. The minimum absolute atomic E-state index is 0.0173. The van der Waals surface area contributed by atoms with Gasteiger partial charge in [-0.2, -0.15) is 13.2 Å². The second-order valence-corrected chi connectivity index (χ2v) is 12.8. The SMILES string of the molecule is CCS(=O)(=O)c1ccc(CC(=O)Nc2nc3c(s2)CN(C[C@H]2CCC(C(F)(F)F)O2)C3C(C)C)nc1. The normalized spacial score (nSPS) is 22.8. The maximum Gasteiger partial charge on any atom is 0.414 e. The van der Waals surface area contributed by atoms with Crippen LogP contribution in [0.3, 0.4) is 0 Å². The Morgan fingerprint density at radius 1 is 1.31 bits per heavy atom. The van der Waals surface area contributed by atoms with E-state index in [1.54, 1.807) is 6.92 Å². The number of pyridine rings is 1. The van der Waals surface area contributed by atoms with Gasteiger partial charge in [-0.05, 0) is 30.9 Å². The van der Waals surface area contributed by atoms with Gasteiger partial charge in [-0.1, -0.05) is 20.8 Å². The van der Waals surface area contributed by atoms with E-state index >= 15 is 0 Å². The zero-order valence-corrected chi connectivity index (χ0v) is 21.8. The number of fused-ring (bicyclic) bond motifs is 1. The van der Waals surface area contributed by atoms with Gasteiger partial charge in [0.2, 0.25) is 5.91 Å². The number of hydrogen-bond acceptors (Lipinski definition) is 8. The molecule has 8 nitrogen and oxygen atoms in total. The smallest absolute Gasteiger partial charge is 0.364 e. The van der Waals surface area contributed by atoms with Gasteiger partial charge in [0.1, 0.15) is 0 Å². The van der Waals surface area contributed by atoms with Gasteiger partial charge in [-0.25, -0.2) is 13.4 Å². The minimum Gasteiger partial charge on any atom is -0.364 e. The number of anilines is 1. The molecule has 4 rings (SSSR count). The number of nitrogens with zero attached hydrogens (tertiary/aromatic N) is 3. The first kappa shape index (κ1) is 27.0.